The van der Waals surface area contributed by atoms with E-state index in [4.69, 9.17) is 37.2 Å². The van der Waals surface area contributed by atoms with Crippen molar-refractivity contribution in [2.24, 2.45) is 0 Å². The van der Waals surface area contributed by atoms with Crippen LogP contribution in [0.4, 0.5) is 0 Å². The third kappa shape index (κ3) is 7.38. The van der Waals surface area contributed by atoms with Crippen LogP contribution in [0.1, 0.15) is 111 Å². The average Bonchev–Trinajstić information content (AvgIpc) is 3.73. The van der Waals surface area contributed by atoms with Gasteiger partial charge in [0.05, 0.1) is 44.8 Å². The third-order valence-corrected chi connectivity index (χ3v) is 20.3. The largest absolute Gasteiger partial charge is 0.494 e. The molecule has 0 amide bonds. The van der Waals surface area contributed by atoms with Crippen LogP contribution < -0.4 is 42.6 Å². The molecule has 61 heavy (non-hydrogen) atoms. The second-order valence-corrected chi connectivity index (χ2v) is 25.4. The van der Waals surface area contributed by atoms with Gasteiger partial charge in [-0.25, -0.2) is 0 Å². The summed E-state index contributed by atoms with van der Waals surface area (Å²) >= 11 is 0. The van der Waals surface area contributed by atoms with Gasteiger partial charge in [-0.3, -0.25) is 0 Å². The monoisotopic (exact) mass is 840 g/mol. The summed E-state index contributed by atoms with van der Waals surface area (Å²) in [5, 5.41) is 4.84. The Morgan fingerprint density at radius 3 is 0.508 bits per heavy atom. The van der Waals surface area contributed by atoms with Gasteiger partial charge >= 0.3 is 28.5 Å². The summed E-state index contributed by atoms with van der Waals surface area (Å²) in [6, 6.07) is 35.6. The Morgan fingerprint density at radius 2 is 0.377 bits per heavy atom. The molecule has 4 aromatic carbocycles. The summed E-state index contributed by atoms with van der Waals surface area (Å²) in [5.41, 5.74) is 0.299. The van der Waals surface area contributed by atoms with Crippen molar-refractivity contribution < 1.29 is 37.2 Å². The van der Waals surface area contributed by atoms with Gasteiger partial charge in [0.15, 0.2) is 8.07 Å². The minimum Gasteiger partial charge on any atom is -0.399 e. The second-order valence-electron chi connectivity index (χ2n) is 21.6. The molecule has 0 spiro atoms. The standard InChI is InChI=1S/C48H64B4O8Si/c1-41(2)42(3,4)54-49(53-41)33-17-25-37(26-18-33)61(38-27-19-34(20-28-38)50-55-43(5,6)44(7,8)56-50,39-29-21-35(22-30-39)51-57-45(9,10)46(11,12)58-51)40-31-23-36(24-32-40)52-59-47(13,14)48(15,16)60-52/h17-32H,1-16H3. The molecule has 8 nitrogen and oxygen atoms in total. The number of hydrogen-bond acceptors (Lipinski definition) is 8. The Bertz CT molecular complexity index is 1870. The molecular weight excluding hydrogens is 776 g/mol. The maximum Gasteiger partial charge on any atom is 0.494 e. The van der Waals surface area contributed by atoms with Crippen molar-refractivity contribution in [2.75, 3.05) is 0 Å². The van der Waals surface area contributed by atoms with Gasteiger partial charge in [0.1, 0.15) is 0 Å². The van der Waals surface area contributed by atoms with E-state index in [0.717, 1.165) is 21.9 Å². The Kier molecular flexibility index (Phi) is 10.6. The summed E-state index contributed by atoms with van der Waals surface area (Å²) in [6.07, 6.45) is 0. The fourth-order valence-corrected chi connectivity index (χ4v) is 13.1. The van der Waals surface area contributed by atoms with Gasteiger partial charge in [-0.1, -0.05) is 97.1 Å². The van der Waals surface area contributed by atoms with E-state index in [0.29, 0.717) is 0 Å². The molecule has 4 saturated heterocycles. The average molecular weight is 840 g/mol. The van der Waals surface area contributed by atoms with E-state index in [1.807, 2.05) is 0 Å². The molecule has 4 heterocycles. The van der Waals surface area contributed by atoms with Gasteiger partial charge in [-0.15, -0.1) is 0 Å². The molecule has 0 N–H and O–H groups in total. The van der Waals surface area contributed by atoms with E-state index in [9.17, 15) is 0 Å². The molecule has 0 aromatic heterocycles. The zero-order valence-electron chi connectivity index (χ0n) is 39.3. The normalized spacial score (nSPS) is 24.1. The Hall–Kier alpha value is -2.96. The van der Waals surface area contributed by atoms with Crippen LogP contribution in [-0.2, 0) is 37.2 Å². The SMILES string of the molecule is CC1(C)OB(c2ccc([Si](c3ccc(B4OC(C)(C)C(C)(C)O4)cc3)(c3ccc(B4OC(C)(C)C(C)(C)O4)cc3)c3ccc(B4OC(C)(C)C(C)(C)O4)cc3)cc2)OC1(C)C. The number of rotatable bonds is 8. The van der Waals surface area contributed by atoms with E-state index in [-0.39, 0.29) is 0 Å². The van der Waals surface area contributed by atoms with Crippen molar-refractivity contribution >= 4 is 79.1 Å². The minimum absolute atomic E-state index is 0.453. The van der Waals surface area contributed by atoms with Crippen LogP contribution in [-0.4, -0.2) is 81.4 Å². The third-order valence-electron chi connectivity index (χ3n) is 15.5. The summed E-state index contributed by atoms with van der Waals surface area (Å²) in [4.78, 5) is 0. The maximum absolute atomic E-state index is 6.52. The number of benzene rings is 4. The van der Waals surface area contributed by atoms with Crippen molar-refractivity contribution in [2.45, 2.75) is 156 Å². The van der Waals surface area contributed by atoms with E-state index < -0.39 is 81.4 Å². The lowest BCUT2D eigenvalue weighted by Crippen LogP contribution is -2.75. The van der Waals surface area contributed by atoms with E-state index in [2.05, 4.69) is 208 Å². The summed E-state index contributed by atoms with van der Waals surface area (Å²) in [6.45, 7) is 33.4. The lowest BCUT2D eigenvalue weighted by molar-refractivity contribution is 0.00578. The molecule has 0 atom stereocenters. The fourth-order valence-electron chi connectivity index (χ4n) is 8.48. The Balaban J connectivity index is 1.28. The second kappa shape index (κ2) is 14.5. The molecule has 13 heteroatoms. The van der Waals surface area contributed by atoms with Crippen LogP contribution in [0.3, 0.4) is 0 Å². The van der Waals surface area contributed by atoms with E-state index >= 15 is 0 Å². The lowest BCUT2D eigenvalue weighted by atomic mass is 9.79. The molecule has 8 rings (SSSR count). The summed E-state index contributed by atoms with van der Waals surface area (Å²) in [7, 11) is -5.02. The molecule has 4 aliphatic heterocycles. The van der Waals surface area contributed by atoms with Crippen LogP contribution in [0.25, 0.3) is 0 Å². The molecular formula is C48H64B4O8Si. The predicted octanol–water partition coefficient (Wildman–Crippen LogP) is 4.26. The topological polar surface area (TPSA) is 73.8 Å². The Morgan fingerprint density at radius 1 is 0.246 bits per heavy atom. The molecule has 0 unspecified atom stereocenters. The molecule has 320 valence electrons. The van der Waals surface area contributed by atoms with E-state index in [1.165, 1.54) is 20.7 Å². The van der Waals surface area contributed by atoms with Crippen LogP contribution in [0.15, 0.2) is 97.1 Å². The van der Waals surface area contributed by atoms with Gasteiger partial charge in [-0.05, 0) is 153 Å². The predicted molar refractivity (Wildman–Crippen MR) is 253 cm³/mol. The smallest absolute Gasteiger partial charge is 0.399 e. The fraction of sp³-hybridized carbons (Fsp3) is 0.500. The maximum atomic E-state index is 6.52. The van der Waals surface area contributed by atoms with Gasteiger partial charge in [0, 0.05) is 0 Å². The van der Waals surface area contributed by atoms with Crippen molar-refractivity contribution in [3.8, 4) is 0 Å². The lowest BCUT2D eigenvalue weighted by Gasteiger charge is -2.35. The van der Waals surface area contributed by atoms with Crippen LogP contribution in [0.2, 0.25) is 0 Å². The molecule has 0 radical (unpaired) electrons. The van der Waals surface area contributed by atoms with E-state index in [1.54, 1.807) is 0 Å². The minimum atomic E-state index is -3.10. The highest BCUT2D eigenvalue weighted by Crippen LogP contribution is 2.39. The Labute approximate surface area is 367 Å². The van der Waals surface area contributed by atoms with Gasteiger partial charge < -0.3 is 37.2 Å². The van der Waals surface area contributed by atoms with Gasteiger partial charge in [0.2, 0.25) is 0 Å². The van der Waals surface area contributed by atoms with Crippen molar-refractivity contribution in [1.29, 1.82) is 0 Å². The molecule has 0 saturated carbocycles. The quantitative estimate of drug-likeness (QED) is 0.193. The highest BCUT2D eigenvalue weighted by molar-refractivity contribution is 7.20. The first-order chi connectivity index (χ1) is 28.1. The van der Waals surface area contributed by atoms with Gasteiger partial charge in [0.25, 0.3) is 0 Å². The highest BCUT2D eigenvalue weighted by atomic mass is 28.3. The molecule has 4 fully saturated rings. The molecule has 0 bridgehead atoms. The highest BCUT2D eigenvalue weighted by Gasteiger charge is 2.55. The van der Waals surface area contributed by atoms with Gasteiger partial charge in [-0.2, -0.15) is 0 Å². The zero-order chi connectivity index (χ0) is 44.4. The zero-order valence-corrected chi connectivity index (χ0v) is 40.3. The van der Waals surface area contributed by atoms with Crippen molar-refractivity contribution in [3.05, 3.63) is 97.1 Å². The van der Waals surface area contributed by atoms with Crippen LogP contribution in [0, 0.1) is 0 Å². The first kappa shape index (κ1) is 44.6. The first-order valence-electron chi connectivity index (χ1n) is 22.0. The van der Waals surface area contributed by atoms with Crippen LogP contribution >= 0.6 is 0 Å². The summed E-state index contributed by atoms with van der Waals surface area (Å²) in [5.74, 6) is 0. The number of hydrogen-bond donors (Lipinski definition) is 0. The van der Waals surface area contributed by atoms with Crippen molar-refractivity contribution in [3.63, 3.8) is 0 Å². The summed E-state index contributed by atoms with van der Waals surface area (Å²) < 4.78 is 52.2. The van der Waals surface area contributed by atoms with Crippen LogP contribution in [0.5, 0.6) is 0 Å². The molecule has 0 aliphatic carbocycles. The first-order valence-corrected chi connectivity index (χ1v) is 24.0. The van der Waals surface area contributed by atoms with Crippen molar-refractivity contribution in [1.82, 2.24) is 0 Å². The molecule has 4 aliphatic rings. The molecule has 4 aromatic rings.